The zero-order valence-electron chi connectivity index (χ0n) is 45.6. The Kier molecular flexibility index (Phi) is 17.3. The summed E-state index contributed by atoms with van der Waals surface area (Å²) in [4.78, 5) is 0.0176. The van der Waals surface area contributed by atoms with Crippen molar-refractivity contribution < 1.29 is 60.3 Å². The van der Waals surface area contributed by atoms with Gasteiger partial charge in [0.15, 0.2) is 15.9 Å². The van der Waals surface area contributed by atoms with Crippen LogP contribution >= 0.6 is 0 Å². The van der Waals surface area contributed by atoms with Crippen LogP contribution in [0.5, 0.6) is 0 Å². The van der Waals surface area contributed by atoms with Crippen molar-refractivity contribution in [1.82, 2.24) is 0 Å². The van der Waals surface area contributed by atoms with E-state index in [-0.39, 0.29) is 39.4 Å². The lowest BCUT2D eigenvalue weighted by Crippen LogP contribution is -2.56. The molecule has 3 unspecified atom stereocenters. The number of hydrogen-bond acceptors (Lipinski definition) is 7. The molecule has 8 saturated carbocycles. The first-order valence-electron chi connectivity index (χ1n) is 28.5. The summed E-state index contributed by atoms with van der Waals surface area (Å²) in [6, 6.07) is 7.75. The van der Waals surface area contributed by atoms with Crippen LogP contribution in [0.25, 0.3) is 0 Å². The predicted octanol–water partition coefficient (Wildman–Crippen LogP) is 13.5. The minimum Gasteiger partial charge on any atom is -0.400 e. The van der Waals surface area contributed by atoms with E-state index in [1.807, 2.05) is 20.8 Å². The number of fused-ring (bicyclic) bond motifs is 10. The maximum Gasteiger partial charge on any atom is 0.414 e. The summed E-state index contributed by atoms with van der Waals surface area (Å²) in [7, 11) is -3.10. The standard InChI is InChI=1S/C32H47F3O4S.C26H43F3O2.CH4O/c1-20(27(18-28(36)32(33,34)35)40(38,39)22-8-6-5-7-9-22)24-12-13-25-23-11-10-21-19-29(2,37)16-17-30(21,3)26(23)14-15-31(24,25)4;1-16(5-10-22(30)26(27,28)29)19-8-9-20-18-7-6-17-15-23(2,31)13-14-24(17,3)21(18)11-12-25(19,20)4;1-2/h5-9,20-21,23-28,36-37H,10-19H2,1-4H3;16-22,30-31H,5-15H2,1-4H3;2H,1H3/t20-,21-,23-,24+,25-,26-,27?,28?,29-,30-,31+;16-,17+,18+,19-,20+,21+,22?,23+,24+,25-;/m01./s1. The summed E-state index contributed by atoms with van der Waals surface area (Å²) in [6.45, 7) is 17.6. The molecule has 0 bridgehead atoms. The van der Waals surface area contributed by atoms with E-state index in [1.165, 1.54) is 44.2 Å². The lowest BCUT2D eigenvalue weighted by molar-refractivity contribution is -0.206. The highest BCUT2D eigenvalue weighted by Gasteiger charge is 2.64. The fourth-order valence-corrected chi connectivity index (χ4v) is 21.6. The second-order valence-corrected chi connectivity index (χ2v) is 29.5. The fraction of sp³-hybridized carbons (Fsp3) is 0.898. The van der Waals surface area contributed by atoms with E-state index in [9.17, 15) is 55.2 Å². The molecular weight excluding hydrogens is 967 g/mol. The van der Waals surface area contributed by atoms with E-state index in [0.717, 1.165) is 102 Å². The first-order chi connectivity index (χ1) is 33.8. The number of sulfone groups is 1. The highest BCUT2D eigenvalue weighted by atomic mass is 32.2. The van der Waals surface area contributed by atoms with Gasteiger partial charge >= 0.3 is 12.4 Å². The highest BCUT2D eigenvalue weighted by molar-refractivity contribution is 7.92. The zero-order valence-corrected chi connectivity index (χ0v) is 46.4. The van der Waals surface area contributed by atoms with Crippen molar-refractivity contribution in [3.63, 3.8) is 0 Å². The number of hydrogen-bond donors (Lipinski definition) is 5. The fourth-order valence-electron chi connectivity index (χ4n) is 19.5. The van der Waals surface area contributed by atoms with Crippen molar-refractivity contribution in [1.29, 1.82) is 0 Å². The highest BCUT2D eigenvalue weighted by Crippen LogP contribution is 2.71. The number of rotatable bonds is 10. The van der Waals surface area contributed by atoms with E-state index in [0.29, 0.717) is 53.3 Å². The minimum absolute atomic E-state index is 0.0176. The minimum atomic E-state index is -4.87. The van der Waals surface area contributed by atoms with Crippen molar-refractivity contribution in [3.05, 3.63) is 30.3 Å². The van der Waals surface area contributed by atoms with Crippen LogP contribution < -0.4 is 0 Å². The molecule has 0 spiro atoms. The third-order valence-corrected chi connectivity index (χ3v) is 25.9. The summed E-state index contributed by atoms with van der Waals surface area (Å²) >= 11 is 0. The molecule has 0 aromatic heterocycles. The Balaban J connectivity index is 0.000000213. The molecule has 0 heterocycles. The summed E-state index contributed by atoms with van der Waals surface area (Å²) in [6.07, 6.45) is 4.14. The molecule has 420 valence electrons. The van der Waals surface area contributed by atoms with Gasteiger partial charge in [0, 0.05) is 7.11 Å². The molecule has 0 radical (unpaired) electrons. The SMILES string of the molecule is CO.C[C@H](C(CC(O)C(F)(F)F)S(=O)(=O)c1ccccc1)[C@H]1CC[C@H]2[C@@H]3CC[C@H]4C[C@@](C)(O)CC[C@]4(C)[C@H]3CC[C@]12C.C[C@H](CCC(O)C(F)(F)F)[C@H]1CC[C@H]2[C@@H]3CC[C@H]4C[C@@](C)(O)CC[C@]4(C)[C@H]3CC[C@]12C. The molecule has 21 atom stereocenters. The van der Waals surface area contributed by atoms with Crippen LogP contribution in [0.4, 0.5) is 26.3 Å². The number of aliphatic hydroxyl groups is 5. The van der Waals surface area contributed by atoms with Crippen molar-refractivity contribution in [2.75, 3.05) is 7.11 Å². The van der Waals surface area contributed by atoms with Gasteiger partial charge in [-0.15, -0.1) is 0 Å². The van der Waals surface area contributed by atoms with Gasteiger partial charge in [-0.05, 0) is 253 Å². The molecule has 0 saturated heterocycles. The normalized spacial score (nSPS) is 44.3. The Morgan fingerprint density at radius 2 is 0.973 bits per heavy atom. The quantitative estimate of drug-likeness (QED) is 0.147. The van der Waals surface area contributed by atoms with Gasteiger partial charge < -0.3 is 25.5 Å². The van der Waals surface area contributed by atoms with Crippen LogP contribution in [0.2, 0.25) is 0 Å². The van der Waals surface area contributed by atoms with Gasteiger partial charge in [0.1, 0.15) is 6.10 Å². The molecular formula is C59H94F6O7S. The maximum atomic E-state index is 13.8. The molecule has 0 amide bonds. The van der Waals surface area contributed by atoms with Crippen molar-refractivity contribution in [2.24, 2.45) is 92.7 Å². The molecule has 8 fully saturated rings. The van der Waals surface area contributed by atoms with Gasteiger partial charge in [0.2, 0.25) is 0 Å². The molecule has 7 nitrogen and oxygen atoms in total. The van der Waals surface area contributed by atoms with E-state index in [2.05, 4.69) is 34.6 Å². The number of halogens is 6. The van der Waals surface area contributed by atoms with E-state index < -0.39 is 63.2 Å². The van der Waals surface area contributed by atoms with Crippen molar-refractivity contribution in [3.8, 4) is 0 Å². The second-order valence-electron chi connectivity index (χ2n) is 27.3. The van der Waals surface area contributed by atoms with E-state index in [1.54, 1.807) is 18.2 Å². The molecule has 8 aliphatic rings. The first kappa shape index (κ1) is 59.2. The molecule has 1 aromatic carbocycles. The predicted molar refractivity (Wildman–Crippen MR) is 274 cm³/mol. The van der Waals surface area contributed by atoms with E-state index in [4.69, 9.17) is 5.11 Å². The van der Waals surface area contributed by atoms with Crippen LogP contribution in [-0.4, -0.2) is 82.1 Å². The summed E-state index contributed by atoms with van der Waals surface area (Å²) in [5, 5.41) is 46.7. The molecule has 5 N–H and O–H groups in total. The van der Waals surface area contributed by atoms with Crippen molar-refractivity contribution in [2.45, 2.75) is 236 Å². The molecule has 8 aliphatic carbocycles. The summed E-state index contributed by atoms with van der Waals surface area (Å²) in [5.41, 5.74) is -0.465. The Hall–Kier alpha value is -1.45. The molecule has 0 aliphatic heterocycles. The van der Waals surface area contributed by atoms with Crippen LogP contribution in [-0.2, 0) is 9.84 Å². The Labute approximate surface area is 434 Å². The zero-order chi connectivity index (χ0) is 54.1. The molecule has 1 aromatic rings. The van der Waals surface area contributed by atoms with Gasteiger partial charge in [-0.2, -0.15) is 26.3 Å². The lowest BCUT2D eigenvalue weighted by Gasteiger charge is -2.62. The monoisotopic (exact) mass is 1060 g/mol. The Bertz CT molecular complexity index is 2120. The number of benzene rings is 1. The second kappa shape index (κ2) is 21.3. The third-order valence-electron chi connectivity index (χ3n) is 23.5. The van der Waals surface area contributed by atoms with Gasteiger partial charge in [0.25, 0.3) is 0 Å². The van der Waals surface area contributed by atoms with E-state index >= 15 is 0 Å². The van der Waals surface area contributed by atoms with Crippen LogP contribution in [0.3, 0.4) is 0 Å². The summed E-state index contributed by atoms with van der Waals surface area (Å²) < 4.78 is 107. The van der Waals surface area contributed by atoms with Crippen LogP contribution in [0, 0.1) is 92.7 Å². The Morgan fingerprint density at radius 3 is 1.42 bits per heavy atom. The van der Waals surface area contributed by atoms with Gasteiger partial charge in [-0.1, -0.05) is 59.7 Å². The van der Waals surface area contributed by atoms with Crippen LogP contribution in [0.15, 0.2) is 35.2 Å². The maximum absolute atomic E-state index is 13.8. The van der Waals surface area contributed by atoms with Crippen LogP contribution in [0.1, 0.15) is 190 Å². The molecule has 9 rings (SSSR count). The average Bonchev–Trinajstić information content (AvgIpc) is 3.87. The third kappa shape index (κ3) is 11.3. The smallest absolute Gasteiger partial charge is 0.400 e. The molecule has 14 heteroatoms. The Morgan fingerprint density at radius 1 is 0.548 bits per heavy atom. The number of aliphatic hydroxyl groups excluding tert-OH is 3. The van der Waals surface area contributed by atoms with Gasteiger partial charge in [-0.3, -0.25) is 0 Å². The largest absolute Gasteiger partial charge is 0.414 e. The van der Waals surface area contributed by atoms with Gasteiger partial charge in [-0.25, -0.2) is 8.42 Å². The van der Waals surface area contributed by atoms with Gasteiger partial charge in [0.05, 0.1) is 21.3 Å². The number of alkyl halides is 6. The lowest BCUT2D eigenvalue weighted by atomic mass is 9.43. The van der Waals surface area contributed by atoms with Crippen molar-refractivity contribution >= 4 is 9.84 Å². The average molecular weight is 1060 g/mol. The molecule has 73 heavy (non-hydrogen) atoms. The topological polar surface area (TPSA) is 135 Å². The first-order valence-corrected chi connectivity index (χ1v) is 30.0. The summed E-state index contributed by atoms with van der Waals surface area (Å²) in [5.74, 6) is 4.97.